The molecule has 0 spiro atoms. The summed E-state index contributed by atoms with van der Waals surface area (Å²) >= 11 is 0. The van der Waals surface area contributed by atoms with Crippen molar-refractivity contribution in [3.8, 4) is 12.1 Å². The average molecular weight is 200 g/mol. The second-order valence-electron chi connectivity index (χ2n) is 3.14. The van der Waals surface area contributed by atoms with E-state index in [0.717, 1.165) is 18.5 Å². The van der Waals surface area contributed by atoms with Crippen molar-refractivity contribution in [1.82, 2.24) is 10.3 Å². The monoisotopic (exact) mass is 200 g/mol. The van der Waals surface area contributed by atoms with Crippen LogP contribution in [0.5, 0.6) is 0 Å². The number of hydrogen-bond acceptors (Lipinski definition) is 4. The lowest BCUT2D eigenvalue weighted by molar-refractivity contribution is 0.673. The van der Waals surface area contributed by atoms with Crippen molar-refractivity contribution in [1.29, 1.82) is 10.5 Å². The minimum absolute atomic E-state index is 0.191. The highest BCUT2D eigenvalue weighted by Gasteiger charge is 2.03. The summed E-state index contributed by atoms with van der Waals surface area (Å²) in [5.74, 6) is 0. The molecule has 0 aliphatic carbocycles. The van der Waals surface area contributed by atoms with Gasteiger partial charge in [0.1, 0.15) is 12.1 Å². The molecule has 1 rings (SSSR count). The van der Waals surface area contributed by atoms with Crippen LogP contribution in [0.25, 0.3) is 0 Å². The number of hydrogen-bond donors (Lipinski definition) is 1. The Morgan fingerprint density at radius 3 is 2.80 bits per heavy atom. The van der Waals surface area contributed by atoms with Crippen LogP contribution < -0.4 is 5.32 Å². The summed E-state index contributed by atoms with van der Waals surface area (Å²) in [6, 6.07) is 5.55. The van der Waals surface area contributed by atoms with E-state index in [0.29, 0.717) is 12.1 Å². The van der Waals surface area contributed by atoms with Gasteiger partial charge in [0.05, 0.1) is 5.56 Å². The average Bonchev–Trinajstić information content (AvgIpc) is 2.29. The van der Waals surface area contributed by atoms with E-state index >= 15 is 0 Å². The molecule has 0 saturated heterocycles. The predicted molar refractivity (Wildman–Crippen MR) is 55.7 cm³/mol. The van der Waals surface area contributed by atoms with Gasteiger partial charge in [0.15, 0.2) is 5.69 Å². The molecule has 0 bridgehead atoms. The Labute approximate surface area is 89.2 Å². The first kappa shape index (κ1) is 11.2. The first-order chi connectivity index (χ1) is 7.31. The number of aromatic nitrogens is 1. The molecular weight excluding hydrogens is 188 g/mol. The van der Waals surface area contributed by atoms with Crippen molar-refractivity contribution in [2.75, 3.05) is 6.54 Å². The molecule has 0 radical (unpaired) electrons. The minimum Gasteiger partial charge on any atom is -0.313 e. The van der Waals surface area contributed by atoms with Crippen LogP contribution in [0.15, 0.2) is 12.3 Å². The Balaban J connectivity index is 2.77. The van der Waals surface area contributed by atoms with Gasteiger partial charge >= 0.3 is 0 Å². The molecule has 0 aliphatic rings. The summed E-state index contributed by atoms with van der Waals surface area (Å²) in [5, 5.41) is 20.7. The summed E-state index contributed by atoms with van der Waals surface area (Å²) in [6.07, 6.45) is 2.69. The van der Waals surface area contributed by atoms with Gasteiger partial charge in [-0.3, -0.25) is 0 Å². The molecular formula is C11H12N4. The Morgan fingerprint density at radius 1 is 1.40 bits per heavy atom. The standard InChI is InChI=1S/C11H12N4/c1-2-3-14-7-9-4-10(5-12)11(6-13)15-8-9/h4,8,14H,2-3,7H2,1H3. The number of rotatable bonds is 4. The summed E-state index contributed by atoms with van der Waals surface area (Å²) in [5.41, 5.74) is 1.46. The largest absolute Gasteiger partial charge is 0.313 e. The quantitative estimate of drug-likeness (QED) is 0.744. The topological polar surface area (TPSA) is 72.5 Å². The maximum absolute atomic E-state index is 8.78. The third-order valence-corrected chi connectivity index (χ3v) is 1.93. The Hall–Kier alpha value is -1.91. The van der Waals surface area contributed by atoms with Crippen molar-refractivity contribution >= 4 is 0 Å². The second-order valence-corrected chi connectivity index (χ2v) is 3.14. The van der Waals surface area contributed by atoms with Crippen LogP contribution in [0.3, 0.4) is 0 Å². The number of nitrogens with zero attached hydrogens (tertiary/aromatic N) is 3. The van der Waals surface area contributed by atoms with E-state index in [1.54, 1.807) is 12.3 Å². The van der Waals surface area contributed by atoms with Crippen molar-refractivity contribution in [3.63, 3.8) is 0 Å². The maximum Gasteiger partial charge on any atom is 0.158 e. The summed E-state index contributed by atoms with van der Waals surface area (Å²) in [4.78, 5) is 3.92. The molecule has 1 aromatic heterocycles. The predicted octanol–water partition coefficient (Wildman–Crippen LogP) is 1.32. The van der Waals surface area contributed by atoms with Gasteiger partial charge in [-0.25, -0.2) is 4.98 Å². The zero-order valence-electron chi connectivity index (χ0n) is 8.62. The molecule has 4 nitrogen and oxygen atoms in total. The number of nitrogens with one attached hydrogen (secondary N) is 1. The normalized spacial score (nSPS) is 9.27. The van der Waals surface area contributed by atoms with Crippen LogP contribution in [0.2, 0.25) is 0 Å². The van der Waals surface area contributed by atoms with Crippen molar-refractivity contribution < 1.29 is 0 Å². The lowest BCUT2D eigenvalue weighted by Gasteiger charge is -2.03. The van der Waals surface area contributed by atoms with Crippen LogP contribution in [-0.2, 0) is 6.54 Å². The molecule has 0 aromatic carbocycles. The molecule has 0 unspecified atom stereocenters. The van der Waals surface area contributed by atoms with Crippen molar-refractivity contribution in [2.45, 2.75) is 19.9 Å². The molecule has 76 valence electrons. The summed E-state index contributed by atoms with van der Waals surface area (Å²) in [6.45, 7) is 3.70. The molecule has 1 heterocycles. The highest BCUT2D eigenvalue weighted by Crippen LogP contribution is 2.06. The first-order valence-electron chi connectivity index (χ1n) is 4.81. The van der Waals surface area contributed by atoms with Gasteiger partial charge in [0, 0.05) is 12.7 Å². The fourth-order valence-corrected chi connectivity index (χ4v) is 1.19. The van der Waals surface area contributed by atoms with E-state index < -0.39 is 0 Å². The van der Waals surface area contributed by atoms with Gasteiger partial charge in [0.2, 0.25) is 0 Å². The Morgan fingerprint density at radius 2 is 2.20 bits per heavy atom. The third-order valence-electron chi connectivity index (χ3n) is 1.93. The molecule has 15 heavy (non-hydrogen) atoms. The number of nitriles is 2. The lowest BCUT2D eigenvalue weighted by Crippen LogP contribution is -2.14. The van der Waals surface area contributed by atoms with E-state index in [2.05, 4.69) is 17.2 Å². The van der Waals surface area contributed by atoms with Gasteiger partial charge in [-0.2, -0.15) is 10.5 Å². The zero-order valence-corrected chi connectivity index (χ0v) is 8.62. The second kappa shape index (κ2) is 5.74. The van der Waals surface area contributed by atoms with E-state index in [1.807, 2.05) is 12.1 Å². The molecule has 0 amide bonds. The smallest absolute Gasteiger partial charge is 0.158 e. The van der Waals surface area contributed by atoms with E-state index in [-0.39, 0.29) is 5.69 Å². The molecule has 0 saturated carbocycles. The van der Waals surface area contributed by atoms with Gasteiger partial charge in [-0.05, 0) is 24.6 Å². The summed E-state index contributed by atoms with van der Waals surface area (Å²) in [7, 11) is 0. The fraction of sp³-hybridized carbons (Fsp3) is 0.364. The van der Waals surface area contributed by atoms with Crippen molar-refractivity contribution in [3.05, 3.63) is 29.1 Å². The van der Waals surface area contributed by atoms with Gasteiger partial charge in [-0.1, -0.05) is 6.92 Å². The highest BCUT2D eigenvalue weighted by molar-refractivity contribution is 5.42. The zero-order chi connectivity index (χ0) is 11.1. The van der Waals surface area contributed by atoms with E-state index in [9.17, 15) is 0 Å². The third kappa shape index (κ3) is 3.05. The Bertz CT molecular complexity index is 412. The fourth-order valence-electron chi connectivity index (χ4n) is 1.19. The van der Waals surface area contributed by atoms with E-state index in [1.165, 1.54) is 0 Å². The van der Waals surface area contributed by atoms with Crippen LogP contribution in [0, 0.1) is 22.7 Å². The number of pyridine rings is 1. The van der Waals surface area contributed by atoms with Crippen LogP contribution in [-0.4, -0.2) is 11.5 Å². The molecule has 4 heteroatoms. The minimum atomic E-state index is 0.191. The highest BCUT2D eigenvalue weighted by atomic mass is 14.8. The molecule has 0 aliphatic heterocycles. The van der Waals surface area contributed by atoms with Crippen LogP contribution in [0.4, 0.5) is 0 Å². The summed E-state index contributed by atoms with van der Waals surface area (Å²) < 4.78 is 0. The molecule has 0 fully saturated rings. The maximum atomic E-state index is 8.78. The SMILES string of the molecule is CCCNCc1cnc(C#N)c(C#N)c1. The van der Waals surface area contributed by atoms with Gasteiger partial charge in [0.25, 0.3) is 0 Å². The first-order valence-corrected chi connectivity index (χ1v) is 4.81. The van der Waals surface area contributed by atoms with E-state index in [4.69, 9.17) is 10.5 Å². The molecule has 1 aromatic rings. The van der Waals surface area contributed by atoms with Crippen molar-refractivity contribution in [2.24, 2.45) is 0 Å². The molecule has 0 atom stereocenters. The van der Waals surface area contributed by atoms with Gasteiger partial charge in [-0.15, -0.1) is 0 Å². The van der Waals surface area contributed by atoms with Crippen LogP contribution >= 0.6 is 0 Å². The van der Waals surface area contributed by atoms with Crippen LogP contribution in [0.1, 0.15) is 30.2 Å². The van der Waals surface area contributed by atoms with Gasteiger partial charge < -0.3 is 5.32 Å². The lowest BCUT2D eigenvalue weighted by atomic mass is 10.1. The molecule has 1 N–H and O–H groups in total. The Kier molecular flexibility index (Phi) is 4.28.